The predicted octanol–water partition coefficient (Wildman–Crippen LogP) is 15.3. The second-order valence-corrected chi connectivity index (χ2v) is 14.8. The fourth-order valence-electron chi connectivity index (χ4n) is 9.54. The summed E-state index contributed by atoms with van der Waals surface area (Å²) in [6.07, 6.45) is 0. The molecule has 0 N–H and O–H groups in total. The average Bonchev–Trinajstić information content (AvgIpc) is 3.24. The average molecular weight is 681 g/mol. The van der Waals surface area contributed by atoms with Gasteiger partial charge in [-0.3, -0.25) is 0 Å². The van der Waals surface area contributed by atoms with Crippen LogP contribution in [0.5, 0.6) is 0 Å². The normalized spacial score (nSPS) is 12.1. The van der Waals surface area contributed by atoms with Crippen molar-refractivity contribution in [2.75, 3.05) is 0 Å². The van der Waals surface area contributed by atoms with Crippen LogP contribution in [0, 0.1) is 0 Å². The van der Waals surface area contributed by atoms with Gasteiger partial charge in [0, 0.05) is 0 Å². The largest absolute Gasteiger partial charge is 0.0622 e. The Hall–Kier alpha value is -7.02. The molecule has 54 heavy (non-hydrogen) atoms. The highest BCUT2D eigenvalue weighted by molar-refractivity contribution is 6.27. The van der Waals surface area contributed by atoms with Crippen molar-refractivity contribution in [1.82, 2.24) is 0 Å². The molecule has 0 aromatic heterocycles. The van der Waals surface area contributed by atoms with E-state index in [1.54, 1.807) is 0 Å². The van der Waals surface area contributed by atoms with Gasteiger partial charge in [-0.05, 0) is 126 Å². The Morgan fingerprint density at radius 3 is 1.28 bits per heavy atom. The van der Waals surface area contributed by atoms with Crippen molar-refractivity contribution in [3.63, 3.8) is 0 Å². The van der Waals surface area contributed by atoms with E-state index in [9.17, 15) is 0 Å². The number of rotatable bonds is 4. The summed E-state index contributed by atoms with van der Waals surface area (Å²) in [5.74, 6) is 0. The molecule has 12 aromatic carbocycles. The Bertz CT molecular complexity index is 3370. The number of benzene rings is 12. The molecule has 0 aliphatic heterocycles. The van der Waals surface area contributed by atoms with E-state index in [4.69, 9.17) is 0 Å². The van der Waals surface area contributed by atoms with Gasteiger partial charge < -0.3 is 0 Å². The first-order chi connectivity index (χ1) is 26.8. The maximum absolute atomic E-state index is 2.43. The lowest BCUT2D eigenvalue weighted by atomic mass is 9.81. The minimum atomic E-state index is 1.21. The standard InChI is InChI=1S/C54H32/c1-2-8-34(9-3-1)51-44-15-5-4-10-42(44)32-48(45-29-25-41-23-21-36-12-7-14-38-27-31-47(45)53(41)50(36)38)54(51)39-18-16-33(17-19-39)43-28-24-40-22-20-35-11-6-13-37-26-30-46(43)52(40)49(35)37/h1-32H. The topological polar surface area (TPSA) is 0 Å². The molecular weight excluding hydrogens is 649 g/mol. The smallest absolute Gasteiger partial charge is 0.00201 e. The fraction of sp³-hybridized carbons (Fsp3) is 0. The molecule has 0 amide bonds. The summed E-state index contributed by atoms with van der Waals surface area (Å²) in [7, 11) is 0. The van der Waals surface area contributed by atoms with Crippen molar-refractivity contribution in [2.24, 2.45) is 0 Å². The molecular formula is C54H32. The van der Waals surface area contributed by atoms with Gasteiger partial charge in [-0.25, -0.2) is 0 Å². The highest BCUT2D eigenvalue weighted by atomic mass is 14.2. The Kier molecular flexibility index (Phi) is 6.15. The summed E-state index contributed by atoms with van der Waals surface area (Å²) >= 11 is 0. The molecule has 0 unspecified atom stereocenters. The zero-order chi connectivity index (χ0) is 35.3. The molecule has 0 radical (unpaired) electrons. The third kappa shape index (κ3) is 4.20. The van der Waals surface area contributed by atoms with Crippen LogP contribution in [0.4, 0.5) is 0 Å². The maximum Gasteiger partial charge on any atom is -0.00201 e. The quantitative estimate of drug-likeness (QED) is 0.162. The van der Waals surface area contributed by atoms with Gasteiger partial charge in [-0.1, -0.05) is 188 Å². The second kappa shape index (κ2) is 11.2. The lowest BCUT2D eigenvalue weighted by molar-refractivity contribution is 1.59. The number of fused-ring (bicyclic) bond motifs is 1. The molecule has 0 heteroatoms. The first-order valence-corrected chi connectivity index (χ1v) is 18.8. The van der Waals surface area contributed by atoms with E-state index < -0.39 is 0 Å². The van der Waals surface area contributed by atoms with Crippen molar-refractivity contribution in [3.05, 3.63) is 194 Å². The monoisotopic (exact) mass is 680 g/mol. The van der Waals surface area contributed by atoms with Gasteiger partial charge in [0.05, 0.1) is 0 Å². The molecule has 248 valence electrons. The van der Waals surface area contributed by atoms with E-state index >= 15 is 0 Å². The van der Waals surface area contributed by atoms with Crippen LogP contribution in [-0.4, -0.2) is 0 Å². The van der Waals surface area contributed by atoms with Gasteiger partial charge in [0.15, 0.2) is 0 Å². The summed E-state index contributed by atoms with van der Waals surface area (Å²) in [4.78, 5) is 0. The first-order valence-electron chi connectivity index (χ1n) is 18.8. The highest BCUT2D eigenvalue weighted by Gasteiger charge is 2.21. The minimum Gasteiger partial charge on any atom is -0.0622 e. The van der Waals surface area contributed by atoms with Gasteiger partial charge in [0.2, 0.25) is 0 Å². The Morgan fingerprint density at radius 2 is 0.648 bits per heavy atom. The highest BCUT2D eigenvalue weighted by Crippen LogP contribution is 2.48. The van der Waals surface area contributed by atoms with Gasteiger partial charge in [-0.15, -0.1) is 0 Å². The third-order valence-corrected chi connectivity index (χ3v) is 11.9. The molecule has 0 aliphatic rings. The first kappa shape index (κ1) is 29.5. The molecule has 12 aromatic rings. The van der Waals surface area contributed by atoms with Crippen molar-refractivity contribution in [2.45, 2.75) is 0 Å². The van der Waals surface area contributed by atoms with E-state index in [1.165, 1.54) is 120 Å². The second-order valence-electron chi connectivity index (χ2n) is 14.8. The van der Waals surface area contributed by atoms with Crippen LogP contribution >= 0.6 is 0 Å². The van der Waals surface area contributed by atoms with E-state index in [1.807, 2.05) is 0 Å². The van der Waals surface area contributed by atoms with Gasteiger partial charge in [0.1, 0.15) is 0 Å². The van der Waals surface area contributed by atoms with Crippen LogP contribution < -0.4 is 0 Å². The van der Waals surface area contributed by atoms with Crippen LogP contribution in [0.2, 0.25) is 0 Å². The fourth-order valence-corrected chi connectivity index (χ4v) is 9.54. The van der Waals surface area contributed by atoms with Crippen LogP contribution in [0.15, 0.2) is 194 Å². The molecule has 0 spiro atoms. The van der Waals surface area contributed by atoms with Crippen LogP contribution in [-0.2, 0) is 0 Å². The van der Waals surface area contributed by atoms with Gasteiger partial charge >= 0.3 is 0 Å². The molecule has 0 saturated heterocycles. The van der Waals surface area contributed by atoms with E-state index in [-0.39, 0.29) is 0 Å². The minimum absolute atomic E-state index is 1.21. The van der Waals surface area contributed by atoms with Crippen molar-refractivity contribution in [1.29, 1.82) is 0 Å². The zero-order valence-electron chi connectivity index (χ0n) is 29.5. The van der Waals surface area contributed by atoms with E-state index in [0.717, 1.165) is 0 Å². The SMILES string of the molecule is c1ccc(-c2c(-c3ccc(-c4ccc5ccc6cccc7ccc4c5c67)cc3)c(-c3ccc4ccc5cccc6ccc3c4c56)cc3ccccc23)cc1. The molecule has 0 atom stereocenters. The Balaban J connectivity index is 1.13. The van der Waals surface area contributed by atoms with Gasteiger partial charge in [0.25, 0.3) is 0 Å². The van der Waals surface area contributed by atoms with Crippen LogP contribution in [0.3, 0.4) is 0 Å². The van der Waals surface area contributed by atoms with Crippen LogP contribution in [0.25, 0.3) is 120 Å². The van der Waals surface area contributed by atoms with Crippen molar-refractivity contribution in [3.8, 4) is 44.5 Å². The Morgan fingerprint density at radius 1 is 0.204 bits per heavy atom. The predicted molar refractivity (Wildman–Crippen MR) is 233 cm³/mol. The molecule has 0 bridgehead atoms. The van der Waals surface area contributed by atoms with Gasteiger partial charge in [-0.2, -0.15) is 0 Å². The Labute approximate surface area is 312 Å². The van der Waals surface area contributed by atoms with Crippen LogP contribution in [0.1, 0.15) is 0 Å². The maximum atomic E-state index is 2.43. The number of hydrogen-bond donors (Lipinski definition) is 0. The van der Waals surface area contributed by atoms with E-state index in [2.05, 4.69) is 194 Å². The molecule has 0 fully saturated rings. The molecule has 0 aliphatic carbocycles. The van der Waals surface area contributed by atoms with Crippen molar-refractivity contribution >= 4 is 75.4 Å². The summed E-state index contributed by atoms with van der Waals surface area (Å²) in [6.45, 7) is 0. The lowest BCUT2D eigenvalue weighted by Gasteiger charge is -2.22. The molecule has 0 saturated carbocycles. The summed E-state index contributed by atoms with van der Waals surface area (Å²) < 4.78 is 0. The zero-order valence-corrected chi connectivity index (χ0v) is 29.5. The molecule has 0 heterocycles. The lowest BCUT2D eigenvalue weighted by Crippen LogP contribution is -1.95. The molecule has 0 nitrogen and oxygen atoms in total. The van der Waals surface area contributed by atoms with Crippen molar-refractivity contribution < 1.29 is 0 Å². The molecule has 12 rings (SSSR count). The van der Waals surface area contributed by atoms with E-state index in [0.29, 0.717) is 0 Å². The third-order valence-electron chi connectivity index (χ3n) is 11.9. The summed E-state index contributed by atoms with van der Waals surface area (Å²) in [5.41, 5.74) is 9.96. The summed E-state index contributed by atoms with van der Waals surface area (Å²) in [6, 6.07) is 72.5. The number of hydrogen-bond acceptors (Lipinski definition) is 0. The summed E-state index contributed by atoms with van der Waals surface area (Å²) in [5, 5.41) is 18.2.